The second-order valence-electron chi connectivity index (χ2n) is 4.87. The van der Waals surface area contributed by atoms with Crippen LogP contribution in [-0.2, 0) is 20.6 Å². The Kier molecular flexibility index (Phi) is 5.34. The van der Waals surface area contributed by atoms with Gasteiger partial charge < -0.3 is 18.9 Å². The quantitative estimate of drug-likeness (QED) is 0.766. The standard InChI is InChI=1S/C15H23NO4/c1-4-13-12(2)14(5-7-16-13)18-8-6-15(11-17-3)19-9-10-20-15/h5,7H,4,6,8-11H2,1-3H3. The molecule has 0 atom stereocenters. The topological polar surface area (TPSA) is 49.8 Å². The van der Waals surface area contributed by atoms with E-state index in [0.717, 1.165) is 23.4 Å². The normalized spacial score (nSPS) is 17.4. The number of aryl methyl sites for hydroxylation is 1. The van der Waals surface area contributed by atoms with Gasteiger partial charge in [0.05, 0.1) is 19.8 Å². The molecule has 1 fully saturated rings. The molecule has 1 saturated heterocycles. The summed E-state index contributed by atoms with van der Waals surface area (Å²) in [5.74, 6) is 0.228. The summed E-state index contributed by atoms with van der Waals surface area (Å²) in [6.07, 6.45) is 3.33. The molecule has 1 aromatic heterocycles. The average Bonchev–Trinajstić information content (AvgIpc) is 2.90. The van der Waals surface area contributed by atoms with Crippen LogP contribution in [0.5, 0.6) is 5.75 Å². The zero-order chi connectivity index (χ0) is 14.4. The molecule has 5 nitrogen and oxygen atoms in total. The van der Waals surface area contributed by atoms with E-state index < -0.39 is 5.79 Å². The first-order valence-electron chi connectivity index (χ1n) is 7.05. The fraction of sp³-hybridized carbons (Fsp3) is 0.667. The van der Waals surface area contributed by atoms with Gasteiger partial charge in [-0.2, -0.15) is 0 Å². The zero-order valence-corrected chi connectivity index (χ0v) is 12.5. The molecular formula is C15H23NO4. The lowest BCUT2D eigenvalue weighted by Gasteiger charge is -2.26. The molecule has 0 amide bonds. The van der Waals surface area contributed by atoms with E-state index in [1.807, 2.05) is 13.0 Å². The lowest BCUT2D eigenvalue weighted by atomic mass is 10.1. The summed E-state index contributed by atoms with van der Waals surface area (Å²) in [6, 6.07) is 1.90. The van der Waals surface area contributed by atoms with E-state index in [9.17, 15) is 0 Å². The Bertz CT molecular complexity index is 430. The molecule has 0 aliphatic carbocycles. The monoisotopic (exact) mass is 281 g/mol. The van der Waals surface area contributed by atoms with Crippen molar-refractivity contribution in [1.82, 2.24) is 4.98 Å². The van der Waals surface area contributed by atoms with Crippen LogP contribution in [0.1, 0.15) is 24.6 Å². The number of methoxy groups -OCH3 is 1. The maximum absolute atomic E-state index is 5.86. The highest BCUT2D eigenvalue weighted by molar-refractivity contribution is 5.34. The fourth-order valence-corrected chi connectivity index (χ4v) is 2.41. The molecule has 2 rings (SSSR count). The molecule has 20 heavy (non-hydrogen) atoms. The van der Waals surface area contributed by atoms with Gasteiger partial charge in [-0.1, -0.05) is 6.92 Å². The van der Waals surface area contributed by atoms with Crippen molar-refractivity contribution in [3.63, 3.8) is 0 Å². The summed E-state index contributed by atoms with van der Waals surface area (Å²) in [5.41, 5.74) is 2.17. The lowest BCUT2D eigenvalue weighted by molar-refractivity contribution is -0.195. The first-order chi connectivity index (χ1) is 9.71. The molecule has 0 unspecified atom stereocenters. The van der Waals surface area contributed by atoms with E-state index in [1.54, 1.807) is 13.3 Å². The van der Waals surface area contributed by atoms with E-state index in [4.69, 9.17) is 18.9 Å². The van der Waals surface area contributed by atoms with Gasteiger partial charge in [0, 0.05) is 31.0 Å². The molecule has 0 radical (unpaired) electrons. The highest BCUT2D eigenvalue weighted by atomic mass is 16.8. The van der Waals surface area contributed by atoms with Crippen LogP contribution < -0.4 is 4.74 Å². The van der Waals surface area contributed by atoms with Crippen LogP contribution in [0, 0.1) is 6.92 Å². The van der Waals surface area contributed by atoms with Crippen molar-refractivity contribution >= 4 is 0 Å². The van der Waals surface area contributed by atoms with Gasteiger partial charge in [0.25, 0.3) is 0 Å². The van der Waals surface area contributed by atoms with Gasteiger partial charge in [-0.05, 0) is 19.4 Å². The van der Waals surface area contributed by atoms with Crippen LogP contribution in [-0.4, -0.2) is 44.3 Å². The van der Waals surface area contributed by atoms with Crippen LogP contribution in [0.3, 0.4) is 0 Å². The minimum Gasteiger partial charge on any atom is -0.493 e. The lowest BCUT2D eigenvalue weighted by Crippen LogP contribution is -2.37. The molecule has 1 aromatic rings. The number of hydrogen-bond donors (Lipinski definition) is 0. The zero-order valence-electron chi connectivity index (χ0n) is 12.5. The Balaban J connectivity index is 1.92. The first-order valence-corrected chi connectivity index (χ1v) is 7.05. The molecule has 1 aliphatic rings. The smallest absolute Gasteiger partial charge is 0.195 e. The minimum absolute atomic E-state index is 0.423. The molecule has 112 valence electrons. The van der Waals surface area contributed by atoms with Crippen LogP contribution in [0.2, 0.25) is 0 Å². The van der Waals surface area contributed by atoms with Crippen LogP contribution in [0.4, 0.5) is 0 Å². The molecular weight excluding hydrogens is 258 g/mol. The second-order valence-corrected chi connectivity index (χ2v) is 4.87. The Labute approximate surface area is 120 Å². The van der Waals surface area contributed by atoms with Crippen molar-refractivity contribution in [3.8, 4) is 5.75 Å². The predicted octanol–water partition coefficient (Wildman–Crippen LogP) is 2.11. The van der Waals surface area contributed by atoms with Gasteiger partial charge in [0.1, 0.15) is 12.4 Å². The predicted molar refractivity (Wildman–Crippen MR) is 75.0 cm³/mol. The molecule has 2 heterocycles. The summed E-state index contributed by atoms with van der Waals surface area (Å²) >= 11 is 0. The summed E-state index contributed by atoms with van der Waals surface area (Å²) in [6.45, 7) is 6.29. The summed E-state index contributed by atoms with van der Waals surface area (Å²) in [7, 11) is 1.65. The number of aromatic nitrogens is 1. The Morgan fingerprint density at radius 3 is 2.75 bits per heavy atom. The molecule has 0 aromatic carbocycles. The fourth-order valence-electron chi connectivity index (χ4n) is 2.41. The van der Waals surface area contributed by atoms with Gasteiger partial charge in [0.15, 0.2) is 5.79 Å². The van der Waals surface area contributed by atoms with Gasteiger partial charge in [-0.25, -0.2) is 0 Å². The second kappa shape index (κ2) is 7.02. The van der Waals surface area contributed by atoms with Crippen LogP contribution >= 0.6 is 0 Å². The van der Waals surface area contributed by atoms with Gasteiger partial charge in [0.2, 0.25) is 0 Å². The van der Waals surface area contributed by atoms with Crippen molar-refractivity contribution in [3.05, 3.63) is 23.5 Å². The van der Waals surface area contributed by atoms with E-state index >= 15 is 0 Å². The number of ether oxygens (including phenoxy) is 4. The van der Waals surface area contributed by atoms with Crippen molar-refractivity contribution in [1.29, 1.82) is 0 Å². The van der Waals surface area contributed by atoms with Crippen molar-refractivity contribution in [2.45, 2.75) is 32.5 Å². The third kappa shape index (κ3) is 3.48. The van der Waals surface area contributed by atoms with Gasteiger partial charge >= 0.3 is 0 Å². The van der Waals surface area contributed by atoms with Gasteiger partial charge in [-0.15, -0.1) is 0 Å². The maximum Gasteiger partial charge on any atom is 0.195 e. The number of rotatable bonds is 7. The van der Waals surface area contributed by atoms with E-state index in [2.05, 4.69) is 11.9 Å². The highest BCUT2D eigenvalue weighted by Gasteiger charge is 2.36. The van der Waals surface area contributed by atoms with Crippen LogP contribution in [0.15, 0.2) is 12.3 Å². The average molecular weight is 281 g/mol. The Morgan fingerprint density at radius 2 is 2.10 bits per heavy atom. The van der Waals surface area contributed by atoms with E-state index in [-0.39, 0.29) is 0 Å². The van der Waals surface area contributed by atoms with Crippen molar-refractivity contribution < 1.29 is 18.9 Å². The molecule has 5 heteroatoms. The first kappa shape index (κ1) is 15.2. The summed E-state index contributed by atoms with van der Waals surface area (Å²) in [5, 5.41) is 0. The third-order valence-corrected chi connectivity index (χ3v) is 3.51. The minimum atomic E-state index is -0.650. The SMILES string of the molecule is CCc1nccc(OCCC2(COC)OCCO2)c1C. The number of pyridine rings is 1. The van der Waals surface area contributed by atoms with Crippen molar-refractivity contribution in [2.75, 3.05) is 33.5 Å². The van der Waals surface area contributed by atoms with Crippen molar-refractivity contribution in [2.24, 2.45) is 0 Å². The largest absolute Gasteiger partial charge is 0.493 e. The molecule has 1 aliphatic heterocycles. The van der Waals surface area contributed by atoms with E-state index in [0.29, 0.717) is 32.8 Å². The third-order valence-electron chi connectivity index (χ3n) is 3.51. The van der Waals surface area contributed by atoms with Crippen LogP contribution in [0.25, 0.3) is 0 Å². The molecule has 0 spiro atoms. The molecule has 0 saturated carbocycles. The Hall–Kier alpha value is -1.17. The molecule has 0 N–H and O–H groups in total. The highest BCUT2D eigenvalue weighted by Crippen LogP contribution is 2.25. The molecule has 0 bridgehead atoms. The summed E-state index contributed by atoms with van der Waals surface area (Å²) < 4.78 is 22.3. The van der Waals surface area contributed by atoms with Gasteiger partial charge in [-0.3, -0.25) is 4.98 Å². The number of nitrogens with zero attached hydrogens (tertiary/aromatic N) is 1. The van der Waals surface area contributed by atoms with E-state index in [1.165, 1.54) is 0 Å². The number of hydrogen-bond acceptors (Lipinski definition) is 5. The Morgan fingerprint density at radius 1 is 1.35 bits per heavy atom. The summed E-state index contributed by atoms with van der Waals surface area (Å²) in [4.78, 5) is 4.34. The maximum atomic E-state index is 5.86.